The van der Waals surface area contributed by atoms with Gasteiger partial charge >= 0.3 is 0 Å². The van der Waals surface area contributed by atoms with Crippen LogP contribution in [0.3, 0.4) is 0 Å². The molecule has 3 N–H and O–H groups in total. The second-order valence-corrected chi connectivity index (χ2v) is 10.5. The average Bonchev–Trinajstić information content (AvgIpc) is 3.36. The van der Waals surface area contributed by atoms with Gasteiger partial charge in [-0.25, -0.2) is 4.98 Å². The van der Waals surface area contributed by atoms with Crippen LogP contribution in [0.1, 0.15) is 54.9 Å². The van der Waals surface area contributed by atoms with Crippen molar-refractivity contribution in [2.24, 2.45) is 0 Å². The minimum Gasteiger partial charge on any atom is -0.507 e. The van der Waals surface area contributed by atoms with Crippen LogP contribution in [-0.4, -0.2) is 39.1 Å². The zero-order valence-electron chi connectivity index (χ0n) is 22.1. The van der Waals surface area contributed by atoms with Gasteiger partial charge < -0.3 is 19.7 Å². The van der Waals surface area contributed by atoms with E-state index < -0.39 is 10.8 Å². The van der Waals surface area contributed by atoms with Crippen molar-refractivity contribution in [3.8, 4) is 17.2 Å². The van der Waals surface area contributed by atoms with Gasteiger partial charge in [0.1, 0.15) is 17.0 Å². The van der Waals surface area contributed by atoms with Crippen LogP contribution in [0.25, 0.3) is 22.6 Å². The fraction of sp³-hybridized carbons (Fsp3) is 0.276. The largest absolute Gasteiger partial charge is 0.507 e. The Bertz CT molecular complexity index is 1610. The average molecular weight is 560 g/mol. The van der Waals surface area contributed by atoms with Gasteiger partial charge in [0.2, 0.25) is 5.89 Å². The third-order valence-electron chi connectivity index (χ3n) is 6.92. The van der Waals surface area contributed by atoms with E-state index in [-0.39, 0.29) is 28.0 Å². The van der Waals surface area contributed by atoms with E-state index in [9.17, 15) is 20.0 Å². The number of hydrogen-bond donors (Lipinski definition) is 3. The van der Waals surface area contributed by atoms with Gasteiger partial charge in [-0.2, -0.15) is 0 Å². The maximum absolute atomic E-state index is 12.8. The van der Waals surface area contributed by atoms with Gasteiger partial charge in [0.15, 0.2) is 10.7 Å². The number of phenols is 1. The smallest absolute Gasteiger partial charge is 0.293 e. The summed E-state index contributed by atoms with van der Waals surface area (Å²) in [6.07, 6.45) is 3.05. The highest BCUT2D eigenvalue weighted by Gasteiger charge is 2.23. The van der Waals surface area contributed by atoms with Gasteiger partial charge in [0.25, 0.3) is 11.6 Å². The van der Waals surface area contributed by atoms with Gasteiger partial charge in [-0.3, -0.25) is 20.2 Å². The van der Waals surface area contributed by atoms with Crippen LogP contribution in [0.15, 0.2) is 59.0 Å². The van der Waals surface area contributed by atoms with Crippen molar-refractivity contribution >= 4 is 51.4 Å². The Morgan fingerprint density at radius 1 is 1.10 bits per heavy atom. The van der Waals surface area contributed by atoms with Gasteiger partial charge in [-0.1, -0.05) is 19.9 Å². The topological polar surface area (TPSA) is 134 Å². The number of carbonyl (C=O) groups excluding carboxylic acids is 1. The van der Waals surface area contributed by atoms with Crippen molar-refractivity contribution < 1.29 is 19.2 Å². The molecule has 40 heavy (non-hydrogen) atoms. The fourth-order valence-electron chi connectivity index (χ4n) is 4.76. The number of amides is 1. The number of oxazole rings is 1. The molecule has 0 spiro atoms. The number of fused-ring (bicyclic) bond motifs is 1. The molecule has 3 aromatic carbocycles. The highest BCUT2D eigenvalue weighted by Crippen LogP contribution is 2.34. The number of aromatic hydroxyl groups is 1. The summed E-state index contributed by atoms with van der Waals surface area (Å²) in [4.78, 5) is 30.6. The molecular formula is C29H29N5O5S. The molecule has 0 radical (unpaired) electrons. The first-order chi connectivity index (χ1) is 19.2. The second kappa shape index (κ2) is 11.3. The SMILES string of the molecule is CC(C)c1ccc2oc(-c3ccc(NC(=S)NC(=O)c4ccc(N5CCCCC5)c([N+](=O)[O-])c4)cc3O)nc2c1. The molecule has 1 amide bonds. The van der Waals surface area contributed by atoms with Crippen molar-refractivity contribution in [3.05, 3.63) is 75.8 Å². The normalized spacial score (nSPS) is 13.4. The number of nitro groups is 1. The van der Waals surface area contributed by atoms with E-state index in [0.717, 1.165) is 37.9 Å². The minimum absolute atomic E-state index is 0.0250. The molecule has 0 bridgehead atoms. The van der Waals surface area contributed by atoms with E-state index in [0.29, 0.717) is 34.0 Å². The Morgan fingerprint density at radius 3 is 2.58 bits per heavy atom. The molecule has 1 aliphatic rings. The van der Waals surface area contributed by atoms with Crippen LogP contribution in [0.2, 0.25) is 0 Å². The number of nitrogens with one attached hydrogen (secondary N) is 2. The summed E-state index contributed by atoms with van der Waals surface area (Å²) in [6.45, 7) is 5.69. The van der Waals surface area contributed by atoms with Crippen molar-refractivity contribution in [2.75, 3.05) is 23.3 Å². The number of rotatable bonds is 6. The van der Waals surface area contributed by atoms with E-state index >= 15 is 0 Å². The minimum atomic E-state index is -0.584. The molecule has 0 aliphatic carbocycles. The first-order valence-electron chi connectivity index (χ1n) is 13.1. The number of aromatic nitrogens is 1. The van der Waals surface area contributed by atoms with E-state index in [1.165, 1.54) is 12.1 Å². The maximum atomic E-state index is 12.8. The van der Waals surface area contributed by atoms with E-state index in [1.807, 2.05) is 23.1 Å². The number of anilines is 2. The Hall–Kier alpha value is -4.51. The summed E-state index contributed by atoms with van der Waals surface area (Å²) in [5, 5.41) is 27.8. The van der Waals surface area contributed by atoms with E-state index in [4.69, 9.17) is 16.6 Å². The molecule has 1 aromatic heterocycles. The third kappa shape index (κ3) is 5.74. The van der Waals surface area contributed by atoms with Crippen molar-refractivity contribution in [1.82, 2.24) is 10.3 Å². The summed E-state index contributed by atoms with van der Waals surface area (Å²) in [5.74, 6) is -0.0373. The third-order valence-corrected chi connectivity index (χ3v) is 7.13. The number of nitro benzene ring substituents is 1. The number of phenolic OH excluding ortho intramolecular Hbond substituents is 1. The Labute approximate surface area is 236 Å². The molecule has 2 heterocycles. The maximum Gasteiger partial charge on any atom is 0.293 e. The van der Waals surface area contributed by atoms with Gasteiger partial charge in [-0.05, 0) is 79.4 Å². The number of hydrogen-bond acceptors (Lipinski definition) is 8. The van der Waals surface area contributed by atoms with E-state index in [2.05, 4.69) is 29.5 Å². The lowest BCUT2D eigenvalue weighted by atomic mass is 10.0. The first kappa shape index (κ1) is 27.1. The standard InChI is InChI=1S/C29H29N5O5S/c1-17(2)18-7-11-26-22(14-18)31-28(39-26)21-9-8-20(16-25(21)35)30-29(40)32-27(36)19-6-10-23(24(15-19)34(37)38)33-12-4-3-5-13-33/h6-11,14-17,35H,3-5,12-13H2,1-2H3,(H2,30,32,36,40). The molecule has 206 valence electrons. The Balaban J connectivity index is 1.27. The number of piperidine rings is 1. The van der Waals surface area contributed by atoms with Crippen molar-refractivity contribution in [2.45, 2.75) is 39.0 Å². The van der Waals surface area contributed by atoms with Crippen LogP contribution in [-0.2, 0) is 0 Å². The highest BCUT2D eigenvalue weighted by atomic mass is 32.1. The van der Waals surface area contributed by atoms with Crippen LogP contribution >= 0.6 is 12.2 Å². The number of carbonyl (C=O) groups is 1. The lowest BCUT2D eigenvalue weighted by Crippen LogP contribution is -2.34. The van der Waals surface area contributed by atoms with Gasteiger partial charge in [-0.15, -0.1) is 0 Å². The van der Waals surface area contributed by atoms with E-state index in [1.54, 1.807) is 24.3 Å². The second-order valence-electron chi connectivity index (χ2n) is 10.0. The lowest BCUT2D eigenvalue weighted by Gasteiger charge is -2.28. The van der Waals surface area contributed by atoms with Gasteiger partial charge in [0.05, 0.1) is 10.5 Å². The Morgan fingerprint density at radius 2 is 1.88 bits per heavy atom. The molecule has 10 nitrogen and oxygen atoms in total. The van der Waals surface area contributed by atoms with Crippen molar-refractivity contribution in [3.63, 3.8) is 0 Å². The molecule has 1 saturated heterocycles. The summed E-state index contributed by atoms with van der Waals surface area (Å²) < 4.78 is 5.84. The molecule has 0 unspecified atom stereocenters. The van der Waals surface area contributed by atoms with Crippen LogP contribution in [0.4, 0.5) is 17.1 Å². The summed E-state index contributed by atoms with van der Waals surface area (Å²) in [7, 11) is 0. The summed E-state index contributed by atoms with van der Waals surface area (Å²) in [6, 6.07) is 15.0. The number of thiocarbonyl (C=S) groups is 1. The number of nitrogens with zero attached hydrogens (tertiary/aromatic N) is 3. The zero-order chi connectivity index (χ0) is 28.4. The molecule has 1 aliphatic heterocycles. The van der Waals surface area contributed by atoms with Crippen LogP contribution < -0.4 is 15.5 Å². The molecule has 1 fully saturated rings. The number of benzene rings is 3. The lowest BCUT2D eigenvalue weighted by molar-refractivity contribution is -0.384. The molecule has 0 saturated carbocycles. The fourth-order valence-corrected chi connectivity index (χ4v) is 4.97. The molecule has 4 aromatic rings. The first-order valence-corrected chi connectivity index (χ1v) is 13.5. The summed E-state index contributed by atoms with van der Waals surface area (Å²) in [5.41, 5.74) is 3.81. The predicted molar refractivity (Wildman–Crippen MR) is 158 cm³/mol. The highest BCUT2D eigenvalue weighted by molar-refractivity contribution is 7.80. The monoisotopic (exact) mass is 559 g/mol. The Kier molecular flexibility index (Phi) is 7.65. The summed E-state index contributed by atoms with van der Waals surface area (Å²) >= 11 is 5.27. The molecular weight excluding hydrogens is 530 g/mol. The molecule has 5 rings (SSSR count). The van der Waals surface area contributed by atoms with Crippen molar-refractivity contribution in [1.29, 1.82) is 0 Å². The van der Waals surface area contributed by atoms with Gasteiger partial charge in [0, 0.05) is 36.5 Å². The van der Waals surface area contributed by atoms with Crippen LogP contribution in [0, 0.1) is 10.1 Å². The predicted octanol–water partition coefficient (Wildman–Crippen LogP) is 6.35. The molecule has 11 heteroatoms. The van der Waals surface area contributed by atoms with Crippen LogP contribution in [0.5, 0.6) is 5.75 Å². The molecule has 0 atom stereocenters. The zero-order valence-corrected chi connectivity index (χ0v) is 23.0. The quantitative estimate of drug-likeness (QED) is 0.140.